The number of aryl methyl sites for hydroxylation is 1. The first-order valence-electron chi connectivity index (χ1n) is 14.8. The van der Waals surface area contributed by atoms with Gasteiger partial charge in [0.15, 0.2) is 0 Å². The van der Waals surface area contributed by atoms with Crippen LogP contribution in [0, 0.1) is 5.92 Å². The van der Waals surface area contributed by atoms with Gasteiger partial charge in [0, 0.05) is 0 Å². The number of hydrogen-bond donors (Lipinski definition) is 0. The highest BCUT2D eigenvalue weighted by Crippen LogP contribution is 2.23. The molecule has 3 nitrogen and oxygen atoms in total. The minimum Gasteiger partial charge on any atom is -0.494 e. The maximum absolute atomic E-state index is 12.7. The predicted molar refractivity (Wildman–Crippen MR) is 164 cm³/mol. The van der Waals surface area contributed by atoms with Gasteiger partial charge in [0.05, 0.1) is 12.2 Å². The molecular formula is C36H46O3. The maximum Gasteiger partial charge on any atom is 0.343 e. The molecule has 0 N–H and O–H groups in total. The average Bonchev–Trinajstić information content (AvgIpc) is 2.98. The van der Waals surface area contributed by atoms with Gasteiger partial charge in [0.1, 0.15) is 11.5 Å². The zero-order valence-electron chi connectivity index (χ0n) is 24.0. The topological polar surface area (TPSA) is 35.5 Å². The summed E-state index contributed by atoms with van der Waals surface area (Å²) in [6.07, 6.45) is 15.4. The van der Waals surface area contributed by atoms with E-state index in [4.69, 9.17) is 9.47 Å². The number of carbonyl (C=O) groups is 1. The van der Waals surface area contributed by atoms with Crippen molar-refractivity contribution in [3.05, 3.63) is 96.6 Å². The lowest BCUT2D eigenvalue weighted by Gasteiger charge is -2.09. The van der Waals surface area contributed by atoms with Gasteiger partial charge in [-0.2, -0.15) is 0 Å². The number of esters is 1. The first kappa shape index (κ1) is 30.2. The molecule has 0 saturated heterocycles. The molecule has 0 amide bonds. The van der Waals surface area contributed by atoms with Gasteiger partial charge >= 0.3 is 5.97 Å². The van der Waals surface area contributed by atoms with Crippen LogP contribution < -0.4 is 9.47 Å². The van der Waals surface area contributed by atoms with Crippen LogP contribution in [0.4, 0.5) is 0 Å². The molecule has 3 aromatic rings. The fourth-order valence-electron chi connectivity index (χ4n) is 4.51. The Morgan fingerprint density at radius 1 is 0.769 bits per heavy atom. The van der Waals surface area contributed by atoms with E-state index in [2.05, 4.69) is 44.7 Å². The lowest BCUT2D eigenvalue weighted by atomic mass is 9.97. The Labute approximate surface area is 236 Å². The van der Waals surface area contributed by atoms with Crippen molar-refractivity contribution in [2.24, 2.45) is 5.92 Å². The number of rotatable bonds is 18. The fourth-order valence-corrected chi connectivity index (χ4v) is 4.51. The molecule has 0 unspecified atom stereocenters. The first-order valence-corrected chi connectivity index (χ1v) is 14.8. The predicted octanol–water partition coefficient (Wildman–Crippen LogP) is 10.2. The van der Waals surface area contributed by atoms with Gasteiger partial charge in [-0.1, -0.05) is 94.8 Å². The highest BCUT2D eigenvalue weighted by atomic mass is 16.5. The Hall–Kier alpha value is -3.33. The third-order valence-electron chi connectivity index (χ3n) is 7.39. The molecule has 0 saturated carbocycles. The summed E-state index contributed by atoms with van der Waals surface area (Å²) in [5.41, 5.74) is 4.14. The van der Waals surface area contributed by atoms with Crippen molar-refractivity contribution in [2.75, 3.05) is 6.61 Å². The maximum atomic E-state index is 12.7. The summed E-state index contributed by atoms with van der Waals surface area (Å²) in [5.74, 6) is 1.71. The lowest BCUT2D eigenvalue weighted by molar-refractivity contribution is 0.0734. The minimum atomic E-state index is -0.361. The Bertz CT molecular complexity index is 1100. The molecule has 208 valence electrons. The molecule has 39 heavy (non-hydrogen) atoms. The van der Waals surface area contributed by atoms with Crippen LogP contribution in [0.15, 0.2) is 85.5 Å². The van der Waals surface area contributed by atoms with Crippen LogP contribution in [0.5, 0.6) is 11.5 Å². The number of hydrogen-bond acceptors (Lipinski definition) is 3. The summed E-state index contributed by atoms with van der Waals surface area (Å²) in [4.78, 5) is 12.7. The van der Waals surface area contributed by atoms with E-state index in [9.17, 15) is 4.79 Å². The molecule has 3 heteroatoms. The van der Waals surface area contributed by atoms with Crippen LogP contribution in [-0.2, 0) is 6.42 Å². The number of carbonyl (C=O) groups excluding carboxylic acids is 1. The van der Waals surface area contributed by atoms with Crippen molar-refractivity contribution in [1.29, 1.82) is 0 Å². The molecule has 0 aromatic heterocycles. The Morgan fingerprint density at radius 3 is 1.95 bits per heavy atom. The second-order valence-electron chi connectivity index (χ2n) is 10.6. The largest absolute Gasteiger partial charge is 0.494 e. The summed E-state index contributed by atoms with van der Waals surface area (Å²) < 4.78 is 11.4. The van der Waals surface area contributed by atoms with Crippen molar-refractivity contribution in [1.82, 2.24) is 0 Å². The van der Waals surface area contributed by atoms with E-state index in [1.54, 1.807) is 12.1 Å². The van der Waals surface area contributed by atoms with Gasteiger partial charge < -0.3 is 9.47 Å². The van der Waals surface area contributed by atoms with Crippen molar-refractivity contribution in [2.45, 2.75) is 84.5 Å². The molecule has 3 aromatic carbocycles. The van der Waals surface area contributed by atoms with Crippen LogP contribution in [0.1, 0.15) is 94.0 Å². The summed E-state index contributed by atoms with van der Waals surface area (Å²) in [5, 5.41) is 0. The van der Waals surface area contributed by atoms with Crippen LogP contribution in [0.25, 0.3) is 11.1 Å². The average molecular weight is 527 g/mol. The number of benzene rings is 3. The van der Waals surface area contributed by atoms with Gasteiger partial charge in [0.25, 0.3) is 0 Å². The Morgan fingerprint density at radius 2 is 1.33 bits per heavy atom. The monoisotopic (exact) mass is 526 g/mol. The van der Waals surface area contributed by atoms with E-state index in [-0.39, 0.29) is 5.97 Å². The standard InChI is InChI=1S/C36H46O3/c1-4-6-7-8-9-10-11-12-13-28-38-34-24-26-35(27-25-34)39-36(37)33-22-20-32(21-23-33)31-18-16-30(17-19-31)15-14-29(3)5-2/h4,16-27,29H,1,5-15,28H2,2-3H3/t29-/m0/s1. The Balaban J connectivity index is 1.38. The van der Waals surface area contributed by atoms with Crippen molar-refractivity contribution in [3.8, 4) is 22.6 Å². The van der Waals surface area contributed by atoms with E-state index in [0.717, 1.165) is 42.1 Å². The quantitative estimate of drug-likeness (QED) is 0.0716. The lowest BCUT2D eigenvalue weighted by Crippen LogP contribution is -2.08. The van der Waals surface area contributed by atoms with E-state index < -0.39 is 0 Å². The van der Waals surface area contributed by atoms with Crippen LogP contribution in [0.2, 0.25) is 0 Å². The van der Waals surface area contributed by atoms with Crippen molar-refractivity contribution >= 4 is 5.97 Å². The summed E-state index contributed by atoms with van der Waals surface area (Å²) in [6, 6.07) is 23.6. The molecule has 0 aliphatic heterocycles. The first-order chi connectivity index (χ1) is 19.1. The molecule has 3 rings (SSSR count). The zero-order chi connectivity index (χ0) is 27.7. The third-order valence-corrected chi connectivity index (χ3v) is 7.39. The molecule has 1 atom stereocenters. The van der Waals surface area contributed by atoms with Crippen LogP contribution in [0.3, 0.4) is 0 Å². The number of unbranched alkanes of at least 4 members (excludes halogenated alkanes) is 7. The van der Waals surface area contributed by atoms with Gasteiger partial charge in [-0.05, 0) is 91.1 Å². The molecule has 0 spiro atoms. The highest BCUT2D eigenvalue weighted by Gasteiger charge is 2.10. The van der Waals surface area contributed by atoms with Crippen molar-refractivity contribution < 1.29 is 14.3 Å². The highest BCUT2D eigenvalue weighted by molar-refractivity contribution is 5.91. The van der Waals surface area contributed by atoms with E-state index in [1.165, 1.54) is 56.9 Å². The van der Waals surface area contributed by atoms with E-state index >= 15 is 0 Å². The van der Waals surface area contributed by atoms with Crippen LogP contribution >= 0.6 is 0 Å². The van der Waals surface area contributed by atoms with Crippen molar-refractivity contribution in [3.63, 3.8) is 0 Å². The molecule has 0 bridgehead atoms. The number of allylic oxidation sites excluding steroid dienone is 1. The van der Waals surface area contributed by atoms with Gasteiger partial charge in [-0.15, -0.1) is 6.58 Å². The second-order valence-corrected chi connectivity index (χ2v) is 10.6. The SMILES string of the molecule is C=CCCCCCCCCCOc1ccc(OC(=O)c2ccc(-c3ccc(CC[C@@H](C)CC)cc3)cc2)cc1. The molecule has 0 fully saturated rings. The number of ether oxygens (including phenoxy) is 2. The third kappa shape index (κ3) is 11.1. The minimum absolute atomic E-state index is 0.361. The summed E-state index contributed by atoms with van der Waals surface area (Å²) >= 11 is 0. The van der Waals surface area contributed by atoms with E-state index in [0.29, 0.717) is 17.9 Å². The zero-order valence-corrected chi connectivity index (χ0v) is 24.0. The normalized spacial score (nSPS) is 11.6. The molecule has 0 aliphatic rings. The fraction of sp³-hybridized carbons (Fsp3) is 0.417. The van der Waals surface area contributed by atoms with Gasteiger partial charge in [0.2, 0.25) is 0 Å². The molecule has 0 aliphatic carbocycles. The van der Waals surface area contributed by atoms with E-state index in [1.807, 2.05) is 42.5 Å². The summed E-state index contributed by atoms with van der Waals surface area (Å²) in [7, 11) is 0. The summed E-state index contributed by atoms with van der Waals surface area (Å²) in [6.45, 7) is 9.03. The Kier molecular flexibility index (Phi) is 13.4. The molecule has 0 heterocycles. The molecule has 0 radical (unpaired) electrons. The second kappa shape index (κ2) is 17.3. The van der Waals surface area contributed by atoms with Crippen LogP contribution in [-0.4, -0.2) is 12.6 Å². The van der Waals surface area contributed by atoms with Gasteiger partial charge in [-0.25, -0.2) is 4.79 Å². The van der Waals surface area contributed by atoms with Gasteiger partial charge in [-0.3, -0.25) is 0 Å². The smallest absolute Gasteiger partial charge is 0.343 e. The molecular weight excluding hydrogens is 480 g/mol.